The van der Waals surface area contributed by atoms with Crippen LogP contribution >= 0.6 is 0 Å². The van der Waals surface area contributed by atoms with Crippen molar-refractivity contribution < 1.29 is 32.6 Å². The van der Waals surface area contributed by atoms with E-state index < -0.39 is 11.9 Å². The van der Waals surface area contributed by atoms with Crippen LogP contribution in [0.4, 0.5) is 8.78 Å². The van der Waals surface area contributed by atoms with Crippen LogP contribution in [0.15, 0.2) is 103 Å². The van der Waals surface area contributed by atoms with Crippen molar-refractivity contribution in [3.05, 3.63) is 143 Å². The highest BCUT2D eigenvalue weighted by molar-refractivity contribution is 5.94. The average Bonchev–Trinajstić information content (AvgIpc) is 3.11. The second kappa shape index (κ2) is 19.3. The van der Waals surface area contributed by atoms with Crippen LogP contribution in [-0.2, 0) is 14.2 Å². The molecule has 1 aromatic heterocycles. The maximum Gasteiger partial charge on any atom is 0.339 e. The summed E-state index contributed by atoms with van der Waals surface area (Å²) in [5, 5.41) is 0. The molecule has 0 amide bonds. The summed E-state index contributed by atoms with van der Waals surface area (Å²) in [6.07, 6.45) is 6.82. The Morgan fingerprint density at radius 1 is 0.796 bits per heavy atom. The van der Waals surface area contributed by atoms with Gasteiger partial charge in [0.1, 0.15) is 18.2 Å². The number of nitrogens with zero attached hydrogens (tertiary/aromatic N) is 3. The first kappa shape index (κ1) is 37.1. The Bertz CT molecular complexity index is 1580. The van der Waals surface area contributed by atoms with Crippen molar-refractivity contribution in [3.8, 4) is 0 Å². The van der Waals surface area contributed by atoms with Crippen molar-refractivity contribution in [1.29, 1.82) is 0 Å². The van der Waals surface area contributed by atoms with E-state index in [4.69, 9.17) is 14.2 Å². The number of esters is 2. The number of carbonyl (C=O) groups excluding carboxylic acids is 2. The summed E-state index contributed by atoms with van der Waals surface area (Å²) in [5.74, 6) is -1.56. The number of hydrogen-bond acceptors (Lipinski definition) is 8. The Morgan fingerprint density at radius 2 is 1.37 bits per heavy atom. The van der Waals surface area contributed by atoms with Gasteiger partial charge >= 0.3 is 11.9 Å². The Morgan fingerprint density at radius 3 is 1.92 bits per heavy atom. The average molecular weight is 672 g/mol. The summed E-state index contributed by atoms with van der Waals surface area (Å²) in [6.45, 7) is 8.58. The van der Waals surface area contributed by atoms with Crippen LogP contribution in [0.2, 0.25) is 0 Å². The van der Waals surface area contributed by atoms with Crippen molar-refractivity contribution in [2.75, 3.05) is 53.0 Å². The largest absolute Gasteiger partial charge is 0.460 e. The Labute approximate surface area is 286 Å². The fourth-order valence-electron chi connectivity index (χ4n) is 5.26. The summed E-state index contributed by atoms with van der Waals surface area (Å²) >= 11 is 0. The van der Waals surface area contributed by atoms with Gasteiger partial charge in [0, 0.05) is 52.2 Å². The first-order chi connectivity index (χ1) is 23.7. The van der Waals surface area contributed by atoms with Gasteiger partial charge in [-0.1, -0.05) is 66.7 Å². The summed E-state index contributed by atoms with van der Waals surface area (Å²) < 4.78 is 41.6. The topological polar surface area (TPSA) is 81.2 Å². The molecule has 1 aliphatic rings. The fraction of sp³-hybridized carbons (Fsp3) is 0.308. The fourth-order valence-corrected chi connectivity index (χ4v) is 5.26. The lowest BCUT2D eigenvalue weighted by molar-refractivity contribution is 0.0377. The summed E-state index contributed by atoms with van der Waals surface area (Å²) in [6, 6.07) is 25.0. The Hall–Kier alpha value is -4.77. The monoisotopic (exact) mass is 671 g/mol. The normalized spacial score (nSPS) is 13.7. The number of benzene rings is 3. The van der Waals surface area contributed by atoms with Crippen LogP contribution in [-0.4, -0.2) is 85.9 Å². The molecular formula is C39H43F2N3O5. The predicted octanol–water partition coefficient (Wildman–Crippen LogP) is 6.84. The van der Waals surface area contributed by atoms with Gasteiger partial charge in [-0.25, -0.2) is 18.4 Å². The van der Waals surface area contributed by atoms with Gasteiger partial charge in [0.15, 0.2) is 0 Å². The summed E-state index contributed by atoms with van der Waals surface area (Å²) in [5.41, 5.74) is 3.69. The third-order valence-electron chi connectivity index (χ3n) is 7.69. The van der Waals surface area contributed by atoms with Crippen LogP contribution in [0.3, 0.4) is 0 Å². The van der Waals surface area contributed by atoms with Gasteiger partial charge in [-0.3, -0.25) is 14.8 Å². The van der Waals surface area contributed by atoms with Crippen molar-refractivity contribution in [2.45, 2.75) is 26.0 Å². The number of aromatic nitrogens is 1. The molecule has 10 heteroatoms. The third-order valence-corrected chi connectivity index (χ3v) is 7.69. The quantitative estimate of drug-likeness (QED) is 0.120. The molecule has 1 saturated heterocycles. The molecule has 0 atom stereocenters. The number of carbonyl (C=O) groups is 2. The molecule has 0 radical (unpaired) electrons. The van der Waals surface area contributed by atoms with Crippen molar-refractivity contribution in [3.63, 3.8) is 0 Å². The zero-order chi connectivity index (χ0) is 35.0. The molecule has 0 spiro atoms. The van der Waals surface area contributed by atoms with E-state index in [2.05, 4.69) is 39.1 Å². The molecule has 4 aromatic rings. The van der Waals surface area contributed by atoms with Crippen molar-refractivity contribution in [1.82, 2.24) is 14.8 Å². The number of halogens is 2. The SMILES string of the molecule is COCCOC(=O)c1cncc(C(=O)OC(C)C)c1.Fc1ccc(C(c2ccc(F)cc2)N2CCN(C/C=C/c3ccccc3)CC2)cc1. The lowest BCUT2D eigenvalue weighted by Crippen LogP contribution is -2.47. The minimum atomic E-state index is -0.552. The van der Waals surface area contributed by atoms with Crippen LogP contribution < -0.4 is 0 Å². The number of rotatable bonds is 12. The first-order valence-electron chi connectivity index (χ1n) is 16.2. The third kappa shape index (κ3) is 12.0. The van der Waals surface area contributed by atoms with Gasteiger partial charge in [0.05, 0.1) is 29.9 Å². The smallest absolute Gasteiger partial charge is 0.339 e. The number of ether oxygens (including phenoxy) is 3. The van der Waals surface area contributed by atoms with Crippen LogP contribution in [0.25, 0.3) is 6.08 Å². The molecular weight excluding hydrogens is 628 g/mol. The van der Waals surface area contributed by atoms with Crippen LogP contribution in [0, 0.1) is 11.6 Å². The highest BCUT2D eigenvalue weighted by atomic mass is 19.1. The maximum absolute atomic E-state index is 13.5. The Balaban J connectivity index is 0.000000246. The predicted molar refractivity (Wildman–Crippen MR) is 185 cm³/mol. The van der Waals surface area contributed by atoms with E-state index in [1.54, 1.807) is 13.8 Å². The molecule has 49 heavy (non-hydrogen) atoms. The molecule has 0 unspecified atom stereocenters. The molecule has 0 N–H and O–H groups in total. The van der Waals surface area contributed by atoms with Gasteiger partial charge in [-0.15, -0.1) is 0 Å². The molecule has 1 fully saturated rings. The van der Waals surface area contributed by atoms with E-state index >= 15 is 0 Å². The van der Waals surface area contributed by atoms with Gasteiger partial charge in [0.25, 0.3) is 0 Å². The highest BCUT2D eigenvalue weighted by Crippen LogP contribution is 2.30. The molecule has 8 nitrogen and oxygen atoms in total. The van der Waals surface area contributed by atoms with Gasteiger partial charge < -0.3 is 14.2 Å². The molecule has 0 bridgehead atoms. The van der Waals surface area contributed by atoms with Gasteiger partial charge in [-0.2, -0.15) is 0 Å². The van der Waals surface area contributed by atoms with Crippen LogP contribution in [0.1, 0.15) is 57.3 Å². The molecule has 1 aliphatic heterocycles. The minimum Gasteiger partial charge on any atom is -0.460 e. The molecule has 3 aromatic carbocycles. The second-order valence-electron chi connectivity index (χ2n) is 11.7. The van der Waals surface area contributed by atoms with E-state index in [-0.39, 0.29) is 41.5 Å². The molecule has 5 rings (SSSR count). The lowest BCUT2D eigenvalue weighted by atomic mass is 9.96. The van der Waals surface area contributed by atoms with E-state index in [1.807, 2.05) is 42.5 Å². The summed E-state index contributed by atoms with van der Waals surface area (Å²) in [4.78, 5) is 32.0. The maximum atomic E-state index is 13.5. The molecule has 2 heterocycles. The zero-order valence-electron chi connectivity index (χ0n) is 28.1. The van der Waals surface area contributed by atoms with Crippen LogP contribution in [0.5, 0.6) is 0 Å². The summed E-state index contributed by atoms with van der Waals surface area (Å²) in [7, 11) is 1.51. The van der Waals surface area contributed by atoms with Crippen molar-refractivity contribution in [2.24, 2.45) is 0 Å². The molecule has 258 valence electrons. The standard InChI is InChI=1S/C26H26F2N2.C13H17NO5/c27-24-12-8-22(9-13-24)26(23-10-14-25(28)15-11-23)30-19-17-29(18-20-30)16-4-7-21-5-2-1-3-6-21;1-9(2)19-13(16)11-6-10(7-14-8-11)12(15)18-5-4-17-3/h1-15,26H,16-20H2;6-9H,4-5H2,1-3H3/b7-4+;. The van der Waals surface area contributed by atoms with E-state index in [1.165, 1.54) is 55.4 Å². The van der Waals surface area contributed by atoms with E-state index in [0.717, 1.165) is 43.9 Å². The van der Waals surface area contributed by atoms with Crippen molar-refractivity contribution >= 4 is 18.0 Å². The van der Waals surface area contributed by atoms with Gasteiger partial charge in [-0.05, 0) is 60.9 Å². The van der Waals surface area contributed by atoms with E-state index in [0.29, 0.717) is 6.61 Å². The molecule has 0 aliphatic carbocycles. The highest BCUT2D eigenvalue weighted by Gasteiger charge is 2.26. The minimum absolute atomic E-state index is 0.00629. The Kier molecular flexibility index (Phi) is 14.6. The number of methoxy groups -OCH3 is 1. The second-order valence-corrected chi connectivity index (χ2v) is 11.7. The zero-order valence-corrected chi connectivity index (χ0v) is 28.1. The van der Waals surface area contributed by atoms with E-state index in [9.17, 15) is 18.4 Å². The molecule has 0 saturated carbocycles. The van der Waals surface area contributed by atoms with Gasteiger partial charge in [0.2, 0.25) is 0 Å². The number of piperazine rings is 1. The lowest BCUT2D eigenvalue weighted by Gasteiger charge is -2.39. The first-order valence-corrected chi connectivity index (χ1v) is 16.2. The number of hydrogen-bond donors (Lipinski definition) is 0. The number of pyridine rings is 1.